The number of hydrogen-bond acceptors (Lipinski definition) is 5. The van der Waals surface area contributed by atoms with Gasteiger partial charge in [-0.05, 0) is 42.8 Å². The average Bonchev–Trinajstić information content (AvgIpc) is 2.90. The van der Waals surface area contributed by atoms with E-state index in [4.69, 9.17) is 11.6 Å². The molecule has 4 rings (SSSR count). The average molecular weight is 340 g/mol. The minimum absolute atomic E-state index is 0.427. The van der Waals surface area contributed by atoms with E-state index in [2.05, 4.69) is 39.7 Å². The Balaban J connectivity index is 1.74. The molecule has 6 heteroatoms. The zero-order valence-corrected chi connectivity index (χ0v) is 14.1. The second-order valence-corrected chi connectivity index (χ2v) is 6.73. The molecule has 0 bridgehead atoms. The van der Waals surface area contributed by atoms with E-state index >= 15 is 0 Å². The Kier molecular flexibility index (Phi) is 3.79. The quantitative estimate of drug-likeness (QED) is 0.822. The molecule has 1 aromatic carbocycles. The summed E-state index contributed by atoms with van der Waals surface area (Å²) in [7, 11) is 2.10. The number of halogens is 1. The second-order valence-electron chi connectivity index (χ2n) is 6.35. The lowest BCUT2D eigenvalue weighted by atomic mass is 9.89. The van der Waals surface area contributed by atoms with E-state index in [-0.39, 0.29) is 0 Å². The minimum Gasteiger partial charge on any atom is -0.370 e. The summed E-state index contributed by atoms with van der Waals surface area (Å²) in [5.74, 6) is 0.427. The molecule has 2 atom stereocenters. The lowest BCUT2D eigenvalue weighted by Gasteiger charge is -2.31. The third-order valence-electron chi connectivity index (χ3n) is 4.97. The lowest BCUT2D eigenvalue weighted by molar-refractivity contribution is 0.413. The minimum atomic E-state index is 0.427. The Labute approximate surface area is 146 Å². The predicted molar refractivity (Wildman–Crippen MR) is 96.1 cm³/mol. The number of likely N-dealkylation sites (N-methyl/N-ethyl adjacent to an activating group) is 1. The molecule has 2 aliphatic rings. The predicted octanol–water partition coefficient (Wildman–Crippen LogP) is 3.25. The Morgan fingerprint density at radius 3 is 3.00 bits per heavy atom. The van der Waals surface area contributed by atoms with Gasteiger partial charge in [0.1, 0.15) is 11.2 Å². The Morgan fingerprint density at radius 1 is 1.38 bits per heavy atom. The van der Waals surface area contributed by atoms with Gasteiger partial charge in [-0.25, -0.2) is 4.98 Å². The van der Waals surface area contributed by atoms with Crippen molar-refractivity contribution in [3.63, 3.8) is 0 Å². The van der Waals surface area contributed by atoms with Crippen molar-refractivity contribution >= 4 is 28.7 Å². The number of hydrogen-bond donors (Lipinski definition) is 2. The van der Waals surface area contributed by atoms with Gasteiger partial charge in [-0.1, -0.05) is 11.6 Å². The largest absolute Gasteiger partial charge is 0.370 e. The Morgan fingerprint density at radius 2 is 2.25 bits per heavy atom. The van der Waals surface area contributed by atoms with Crippen LogP contribution in [0.25, 0.3) is 0 Å². The fourth-order valence-electron chi connectivity index (χ4n) is 3.90. The molecule has 0 saturated carbocycles. The van der Waals surface area contributed by atoms with Crippen molar-refractivity contribution in [2.24, 2.45) is 0 Å². The van der Waals surface area contributed by atoms with E-state index in [9.17, 15) is 5.26 Å². The van der Waals surface area contributed by atoms with Crippen molar-refractivity contribution in [1.82, 2.24) is 10.3 Å². The summed E-state index contributed by atoms with van der Waals surface area (Å²) in [5, 5.41) is 16.9. The summed E-state index contributed by atoms with van der Waals surface area (Å²) < 4.78 is 0. The highest BCUT2D eigenvalue weighted by molar-refractivity contribution is 6.29. The molecule has 2 aliphatic heterocycles. The van der Waals surface area contributed by atoms with E-state index in [1.54, 1.807) is 12.3 Å². The highest BCUT2D eigenvalue weighted by Crippen LogP contribution is 2.45. The molecule has 3 heterocycles. The molecule has 1 saturated heterocycles. The van der Waals surface area contributed by atoms with Gasteiger partial charge in [0.05, 0.1) is 23.1 Å². The van der Waals surface area contributed by atoms with Crippen LogP contribution in [-0.4, -0.2) is 31.2 Å². The molecule has 0 amide bonds. The number of benzene rings is 1. The first-order chi connectivity index (χ1) is 11.7. The topological polar surface area (TPSA) is 64.0 Å². The van der Waals surface area contributed by atoms with Crippen LogP contribution < -0.4 is 15.5 Å². The summed E-state index contributed by atoms with van der Waals surface area (Å²) in [5.41, 5.74) is 4.81. The molecule has 2 unspecified atom stereocenters. The van der Waals surface area contributed by atoms with Crippen LogP contribution >= 0.6 is 11.6 Å². The van der Waals surface area contributed by atoms with Gasteiger partial charge in [0, 0.05) is 31.2 Å². The van der Waals surface area contributed by atoms with E-state index in [1.165, 1.54) is 5.56 Å². The smallest absolute Gasteiger partial charge is 0.129 e. The maximum absolute atomic E-state index is 9.63. The first kappa shape index (κ1) is 15.3. The molecular weight excluding hydrogens is 322 g/mol. The second kappa shape index (κ2) is 5.97. The molecule has 0 spiro atoms. The van der Waals surface area contributed by atoms with Gasteiger partial charge in [-0.2, -0.15) is 5.26 Å². The third kappa shape index (κ3) is 2.48. The number of rotatable bonds is 2. The zero-order chi connectivity index (χ0) is 16.7. The summed E-state index contributed by atoms with van der Waals surface area (Å²) >= 11 is 5.84. The van der Waals surface area contributed by atoms with Crippen LogP contribution in [0, 0.1) is 11.3 Å². The summed E-state index contributed by atoms with van der Waals surface area (Å²) in [6.45, 7) is 1.99. The number of nitrogens with one attached hydrogen (secondary N) is 2. The van der Waals surface area contributed by atoms with Crippen LogP contribution in [0.4, 0.5) is 17.1 Å². The van der Waals surface area contributed by atoms with E-state index in [0.29, 0.717) is 22.7 Å². The number of pyridine rings is 1. The van der Waals surface area contributed by atoms with Gasteiger partial charge in [0.25, 0.3) is 0 Å². The van der Waals surface area contributed by atoms with E-state index in [1.807, 2.05) is 12.1 Å². The Bertz CT molecular complexity index is 811. The Hall–Kier alpha value is -2.29. The van der Waals surface area contributed by atoms with Crippen LogP contribution in [0.15, 0.2) is 30.5 Å². The summed E-state index contributed by atoms with van der Waals surface area (Å²) in [6, 6.07) is 10.5. The first-order valence-electron chi connectivity index (χ1n) is 8.07. The molecule has 5 nitrogen and oxygen atoms in total. The fourth-order valence-corrected chi connectivity index (χ4v) is 4.01. The van der Waals surface area contributed by atoms with E-state index in [0.717, 1.165) is 36.6 Å². The van der Waals surface area contributed by atoms with Crippen LogP contribution in [0.2, 0.25) is 5.15 Å². The number of nitriles is 1. The van der Waals surface area contributed by atoms with Crippen molar-refractivity contribution < 1.29 is 0 Å². The number of fused-ring (bicyclic) bond motifs is 3. The van der Waals surface area contributed by atoms with Gasteiger partial charge >= 0.3 is 0 Å². The maximum atomic E-state index is 9.63. The van der Waals surface area contributed by atoms with Gasteiger partial charge in [-0.3, -0.25) is 0 Å². The fraction of sp³-hybridized carbons (Fsp3) is 0.333. The molecule has 122 valence electrons. The van der Waals surface area contributed by atoms with E-state index < -0.39 is 0 Å². The van der Waals surface area contributed by atoms with Crippen LogP contribution in [0.5, 0.6) is 0 Å². The van der Waals surface area contributed by atoms with Crippen LogP contribution in [0.3, 0.4) is 0 Å². The van der Waals surface area contributed by atoms with Crippen molar-refractivity contribution in [2.45, 2.75) is 18.4 Å². The normalized spacial score (nSPS) is 21.8. The SMILES string of the molecule is CN1c2c(C#N)cc(Nc3ccc(Cl)nc3)cc2C2CNCCC21. The molecule has 2 N–H and O–H groups in total. The maximum Gasteiger partial charge on any atom is 0.129 e. The molecule has 0 radical (unpaired) electrons. The van der Waals surface area contributed by atoms with Crippen molar-refractivity contribution in [3.8, 4) is 6.07 Å². The summed E-state index contributed by atoms with van der Waals surface area (Å²) in [4.78, 5) is 6.37. The lowest BCUT2D eigenvalue weighted by Crippen LogP contribution is -2.42. The van der Waals surface area contributed by atoms with Crippen LogP contribution in [-0.2, 0) is 0 Å². The highest BCUT2D eigenvalue weighted by Gasteiger charge is 2.39. The molecule has 0 aliphatic carbocycles. The van der Waals surface area contributed by atoms with Gasteiger partial charge in [0.2, 0.25) is 0 Å². The standard InChI is InChI=1S/C18H18ClN5/c1-24-16-4-5-21-10-15(16)14-7-13(6-11(8-20)18(14)24)23-12-2-3-17(19)22-9-12/h2-3,6-7,9,15-16,21,23H,4-5,10H2,1H3. The number of aromatic nitrogens is 1. The van der Waals surface area contributed by atoms with Gasteiger partial charge < -0.3 is 15.5 Å². The molecule has 24 heavy (non-hydrogen) atoms. The zero-order valence-electron chi connectivity index (χ0n) is 13.4. The van der Waals surface area contributed by atoms with Crippen molar-refractivity contribution in [3.05, 3.63) is 46.7 Å². The molecule has 2 aromatic rings. The van der Waals surface area contributed by atoms with Crippen molar-refractivity contribution in [2.75, 3.05) is 30.4 Å². The highest BCUT2D eigenvalue weighted by atomic mass is 35.5. The number of anilines is 3. The third-order valence-corrected chi connectivity index (χ3v) is 5.19. The number of nitrogens with zero attached hydrogens (tertiary/aromatic N) is 3. The summed E-state index contributed by atoms with van der Waals surface area (Å²) in [6.07, 6.45) is 2.79. The van der Waals surface area contributed by atoms with Crippen molar-refractivity contribution in [1.29, 1.82) is 5.26 Å². The monoisotopic (exact) mass is 339 g/mol. The molecular formula is C18H18ClN5. The van der Waals surface area contributed by atoms with Gasteiger partial charge in [-0.15, -0.1) is 0 Å². The van der Waals surface area contributed by atoms with Crippen LogP contribution in [0.1, 0.15) is 23.5 Å². The first-order valence-corrected chi connectivity index (χ1v) is 8.45. The number of piperidine rings is 1. The molecule has 1 fully saturated rings. The van der Waals surface area contributed by atoms with Gasteiger partial charge in [0.15, 0.2) is 0 Å². The molecule has 1 aromatic heterocycles.